The minimum Gasteiger partial charge on any atom is -0.494 e. The van der Waals surface area contributed by atoms with Gasteiger partial charge in [-0.3, -0.25) is 4.57 Å². The number of benzene rings is 3. The van der Waals surface area contributed by atoms with E-state index in [0.717, 1.165) is 10.8 Å². The van der Waals surface area contributed by atoms with Crippen LogP contribution in [-0.4, -0.2) is 34.1 Å². The highest BCUT2D eigenvalue weighted by Crippen LogP contribution is 2.70. The molecule has 6 rings (SSSR count). The molecule has 0 saturated carbocycles. The fraction of sp³-hybridized carbons (Fsp3) is 0.312. The summed E-state index contributed by atoms with van der Waals surface area (Å²) in [5, 5.41) is 34.8. The third-order valence-electron chi connectivity index (χ3n) is 8.78. The van der Waals surface area contributed by atoms with Crippen LogP contribution < -0.4 is 4.74 Å². The van der Waals surface area contributed by atoms with Crippen molar-refractivity contribution in [3.8, 4) is 29.3 Å². The number of nitrogens with zero attached hydrogens (tertiary/aromatic N) is 3. The molecule has 2 aliphatic heterocycles. The average molecular weight is 536 g/mol. The molecule has 0 spiro atoms. The van der Waals surface area contributed by atoms with E-state index in [1.54, 1.807) is 43.5 Å². The van der Waals surface area contributed by atoms with Crippen LogP contribution in [0.4, 0.5) is 5.69 Å². The van der Waals surface area contributed by atoms with E-state index in [9.17, 15) is 15.5 Å². The van der Waals surface area contributed by atoms with Crippen molar-refractivity contribution in [3.05, 3.63) is 88.8 Å². The molecule has 2 bridgehead atoms. The topological polar surface area (TPSA) is 101 Å². The molecule has 1 aromatic heterocycles. The summed E-state index contributed by atoms with van der Waals surface area (Å²) in [6.07, 6.45) is 1.37. The summed E-state index contributed by atoms with van der Waals surface area (Å²) in [7, 11) is 1.65. The van der Waals surface area contributed by atoms with Gasteiger partial charge in [0.05, 0.1) is 41.6 Å². The Morgan fingerprint density at radius 1 is 1.05 bits per heavy atom. The average Bonchev–Trinajstić information content (AvgIpc) is 3.54. The largest absolute Gasteiger partial charge is 0.494 e. The van der Waals surface area contributed by atoms with Crippen molar-refractivity contribution in [2.75, 3.05) is 13.7 Å². The zero-order valence-corrected chi connectivity index (χ0v) is 22.6. The van der Waals surface area contributed by atoms with Gasteiger partial charge in [0.25, 0.3) is 0 Å². The molecule has 1 fully saturated rings. The summed E-state index contributed by atoms with van der Waals surface area (Å²) in [4.78, 5) is 3.42. The lowest BCUT2D eigenvalue weighted by molar-refractivity contribution is -0.157. The maximum atomic E-state index is 11.8. The minimum atomic E-state index is -0.996. The van der Waals surface area contributed by atoms with Crippen LogP contribution in [0.1, 0.15) is 49.8 Å². The van der Waals surface area contributed by atoms with E-state index in [4.69, 9.17) is 20.8 Å². The molecule has 3 atom stereocenters. The van der Waals surface area contributed by atoms with Gasteiger partial charge in [-0.25, -0.2) is 4.85 Å². The van der Waals surface area contributed by atoms with Crippen molar-refractivity contribution in [1.29, 1.82) is 5.26 Å². The second-order valence-electron chi connectivity index (χ2n) is 10.6. The molecule has 40 heavy (non-hydrogen) atoms. The lowest BCUT2D eigenvalue weighted by Gasteiger charge is -2.40. The van der Waals surface area contributed by atoms with Crippen molar-refractivity contribution in [3.63, 3.8) is 0 Å². The Bertz CT molecular complexity index is 1730. The highest BCUT2D eigenvalue weighted by Gasteiger charge is 2.72. The standard InChI is InChI=1S/C32H29N3O5/c1-5-32-27-26(28(36)35(29(27)37)25-15-10-20(18-33)23-8-6-7-9-24(23)25)31(40-32,19-30(32,2)38-4)16-17-39-22-13-11-21(34-3)12-14-22/h6-15,36-37H,5,16-17,19H2,1-2,4H3/t30-,31?,32?/m0/s1. The summed E-state index contributed by atoms with van der Waals surface area (Å²) in [5.41, 5.74) is -0.0577. The van der Waals surface area contributed by atoms with Crippen LogP contribution >= 0.6 is 0 Å². The van der Waals surface area contributed by atoms with Crippen molar-refractivity contribution >= 4 is 16.5 Å². The van der Waals surface area contributed by atoms with Gasteiger partial charge in [-0.05, 0) is 37.6 Å². The van der Waals surface area contributed by atoms with Gasteiger partial charge in [0, 0.05) is 30.7 Å². The Hall–Kier alpha value is -4.50. The predicted octanol–water partition coefficient (Wildman–Crippen LogP) is 6.57. The smallest absolute Gasteiger partial charge is 0.205 e. The van der Waals surface area contributed by atoms with E-state index >= 15 is 0 Å². The molecule has 3 aromatic carbocycles. The van der Waals surface area contributed by atoms with Crippen LogP contribution in [-0.2, 0) is 20.7 Å². The zero-order valence-electron chi connectivity index (χ0n) is 22.6. The number of nitriles is 1. The van der Waals surface area contributed by atoms with Crippen molar-refractivity contribution in [2.24, 2.45) is 0 Å². The zero-order chi connectivity index (χ0) is 28.3. The van der Waals surface area contributed by atoms with E-state index in [1.165, 1.54) is 4.57 Å². The van der Waals surface area contributed by atoms with Gasteiger partial charge in [0.15, 0.2) is 5.69 Å². The molecule has 0 amide bonds. The van der Waals surface area contributed by atoms with Crippen LogP contribution in [0.3, 0.4) is 0 Å². The maximum absolute atomic E-state index is 11.8. The molecule has 2 N–H and O–H groups in total. The molecule has 1 saturated heterocycles. The number of aromatic nitrogens is 1. The van der Waals surface area contributed by atoms with Gasteiger partial charge >= 0.3 is 0 Å². The number of fused-ring (bicyclic) bond motifs is 6. The second-order valence-corrected chi connectivity index (χ2v) is 10.6. The van der Waals surface area contributed by atoms with Crippen molar-refractivity contribution in [2.45, 2.75) is 49.9 Å². The molecule has 3 heterocycles. The molecule has 2 unspecified atom stereocenters. The SMILES string of the molecule is [C-]#[N+]c1ccc(OCCC23C[C@](C)(OC)C(CC)(O2)c2c3c(O)n(-c3ccc(C#N)c4ccccc34)c2O)cc1. The summed E-state index contributed by atoms with van der Waals surface area (Å²) in [6, 6.07) is 20.0. The van der Waals surface area contributed by atoms with Gasteiger partial charge in [-0.15, -0.1) is 0 Å². The molecule has 0 aliphatic carbocycles. The first-order valence-corrected chi connectivity index (χ1v) is 13.2. The first-order chi connectivity index (χ1) is 19.3. The first-order valence-electron chi connectivity index (χ1n) is 13.2. The number of hydrogen-bond acceptors (Lipinski definition) is 6. The van der Waals surface area contributed by atoms with Gasteiger partial charge in [-0.2, -0.15) is 5.26 Å². The van der Waals surface area contributed by atoms with E-state index in [2.05, 4.69) is 10.9 Å². The Morgan fingerprint density at radius 3 is 2.40 bits per heavy atom. The monoisotopic (exact) mass is 535 g/mol. The number of ether oxygens (including phenoxy) is 3. The highest BCUT2D eigenvalue weighted by atomic mass is 16.6. The highest BCUT2D eigenvalue weighted by molar-refractivity contribution is 5.95. The Balaban J connectivity index is 1.49. The normalized spacial score (nSPS) is 24.5. The molecule has 8 heteroatoms. The Morgan fingerprint density at radius 2 is 1.75 bits per heavy atom. The summed E-state index contributed by atoms with van der Waals surface area (Å²) >= 11 is 0. The van der Waals surface area contributed by atoms with Crippen LogP contribution in [0.2, 0.25) is 0 Å². The molecule has 8 nitrogen and oxygen atoms in total. The number of aromatic hydroxyl groups is 2. The first kappa shape index (κ1) is 25.8. The van der Waals surface area contributed by atoms with Crippen LogP contribution in [0.15, 0.2) is 60.7 Å². The number of methoxy groups -OCH3 is 1. The third-order valence-corrected chi connectivity index (χ3v) is 8.78. The molecule has 202 valence electrons. The van der Waals surface area contributed by atoms with Gasteiger partial charge < -0.3 is 24.4 Å². The number of rotatable bonds is 7. The lowest BCUT2D eigenvalue weighted by Crippen LogP contribution is -2.48. The van der Waals surface area contributed by atoms with Gasteiger partial charge in [0.1, 0.15) is 22.6 Å². The summed E-state index contributed by atoms with van der Waals surface area (Å²) in [5.74, 6) is 0.423. The van der Waals surface area contributed by atoms with Gasteiger partial charge in [0.2, 0.25) is 11.8 Å². The fourth-order valence-corrected chi connectivity index (χ4v) is 6.86. The van der Waals surface area contributed by atoms with E-state index < -0.39 is 16.8 Å². The third kappa shape index (κ3) is 3.30. The quantitative estimate of drug-likeness (QED) is 0.260. The summed E-state index contributed by atoms with van der Waals surface area (Å²) < 4.78 is 20.4. The number of hydrogen-bond donors (Lipinski definition) is 2. The molecule has 2 aliphatic rings. The molecule has 0 radical (unpaired) electrons. The maximum Gasteiger partial charge on any atom is 0.205 e. The second kappa shape index (κ2) is 9.02. The summed E-state index contributed by atoms with van der Waals surface area (Å²) in [6.45, 7) is 11.4. The van der Waals surface area contributed by atoms with Crippen molar-refractivity contribution in [1.82, 2.24) is 4.57 Å². The Kier molecular flexibility index (Phi) is 5.81. The van der Waals surface area contributed by atoms with Gasteiger partial charge in [-0.1, -0.05) is 43.3 Å². The molecular formula is C32H29N3O5. The molecular weight excluding hydrogens is 506 g/mol. The van der Waals surface area contributed by atoms with E-state index in [-0.39, 0.29) is 18.4 Å². The fourth-order valence-electron chi connectivity index (χ4n) is 6.86. The van der Waals surface area contributed by atoms with Crippen LogP contribution in [0.25, 0.3) is 21.3 Å². The van der Waals surface area contributed by atoms with Crippen LogP contribution in [0, 0.1) is 17.9 Å². The van der Waals surface area contributed by atoms with Crippen molar-refractivity contribution < 1.29 is 24.4 Å². The Labute approximate surface area is 232 Å². The minimum absolute atomic E-state index is 0.0998. The van der Waals surface area contributed by atoms with E-state index in [1.807, 2.05) is 38.1 Å². The predicted molar refractivity (Wildman–Crippen MR) is 149 cm³/mol. The molecule has 4 aromatic rings. The van der Waals surface area contributed by atoms with E-state index in [0.29, 0.717) is 53.1 Å². The lowest BCUT2D eigenvalue weighted by atomic mass is 9.67. The van der Waals surface area contributed by atoms with Crippen LogP contribution in [0.5, 0.6) is 17.5 Å².